The third kappa shape index (κ3) is 3.58. The predicted molar refractivity (Wildman–Crippen MR) is 81.1 cm³/mol. The van der Waals surface area contributed by atoms with Crippen molar-refractivity contribution in [3.63, 3.8) is 0 Å². The number of sulfonamides is 1. The van der Waals surface area contributed by atoms with Gasteiger partial charge >= 0.3 is 0 Å². The summed E-state index contributed by atoms with van der Waals surface area (Å²) >= 11 is 3.34. The van der Waals surface area contributed by atoms with Gasteiger partial charge in [0.15, 0.2) is 0 Å². The second-order valence-corrected chi connectivity index (χ2v) is 7.61. The average Bonchev–Trinajstić information content (AvgIpc) is 3.21. The molecule has 0 heterocycles. The smallest absolute Gasteiger partial charge is 0.207 e. The normalized spacial score (nSPS) is 15.9. The highest BCUT2D eigenvalue weighted by atomic mass is 79.9. The van der Waals surface area contributed by atoms with Crippen molar-refractivity contribution < 1.29 is 8.42 Å². The molecule has 0 N–H and O–H groups in total. The molecule has 3 nitrogen and oxygen atoms in total. The molecular weight excluding hydrogens is 326 g/mol. The quantitative estimate of drug-likeness (QED) is 0.711. The van der Waals surface area contributed by atoms with E-state index in [1.807, 2.05) is 12.1 Å². The average molecular weight is 346 g/mol. The van der Waals surface area contributed by atoms with Gasteiger partial charge in [-0.15, -0.1) is 0 Å². The van der Waals surface area contributed by atoms with E-state index < -0.39 is 10.0 Å². The van der Waals surface area contributed by atoms with Crippen molar-refractivity contribution in [1.82, 2.24) is 4.31 Å². The Balaban J connectivity index is 2.22. The molecule has 2 rings (SSSR count). The Hall–Kier alpha value is -0.390. The molecule has 106 valence electrons. The molecule has 1 aromatic carbocycles. The monoisotopic (exact) mass is 345 g/mol. The van der Waals surface area contributed by atoms with Gasteiger partial charge in [0, 0.05) is 17.9 Å². The summed E-state index contributed by atoms with van der Waals surface area (Å²) in [5.41, 5.74) is 1.19. The highest BCUT2D eigenvalue weighted by molar-refractivity contribution is 9.09. The summed E-state index contributed by atoms with van der Waals surface area (Å²) in [6, 6.07) is 7.54. The number of hydrogen-bond donors (Lipinski definition) is 0. The number of aryl methyl sites for hydroxylation is 1. The molecule has 1 saturated carbocycles. The van der Waals surface area contributed by atoms with Gasteiger partial charge in [0.05, 0.1) is 4.90 Å². The minimum atomic E-state index is -3.33. The largest absolute Gasteiger partial charge is 0.243 e. The maximum Gasteiger partial charge on any atom is 0.243 e. The van der Waals surface area contributed by atoms with E-state index in [0.717, 1.165) is 25.7 Å². The maximum atomic E-state index is 12.6. The van der Waals surface area contributed by atoms with Gasteiger partial charge in [-0.05, 0) is 37.0 Å². The van der Waals surface area contributed by atoms with Crippen LogP contribution in [0.1, 0.15) is 31.7 Å². The van der Waals surface area contributed by atoms with Gasteiger partial charge in [-0.25, -0.2) is 8.42 Å². The number of rotatable bonds is 7. The Morgan fingerprint density at radius 3 is 2.37 bits per heavy atom. The summed E-state index contributed by atoms with van der Waals surface area (Å²) in [4.78, 5) is 0.417. The van der Waals surface area contributed by atoms with Crippen LogP contribution in [-0.2, 0) is 16.4 Å². The molecule has 0 aliphatic heterocycles. The zero-order valence-corrected chi connectivity index (χ0v) is 13.6. The first kappa shape index (κ1) is 15.0. The molecule has 0 amide bonds. The Morgan fingerprint density at radius 2 is 1.89 bits per heavy atom. The van der Waals surface area contributed by atoms with Crippen LogP contribution in [0.2, 0.25) is 0 Å². The second kappa shape index (κ2) is 6.37. The molecule has 1 aromatic rings. The van der Waals surface area contributed by atoms with E-state index in [4.69, 9.17) is 0 Å². The van der Waals surface area contributed by atoms with Gasteiger partial charge in [0.25, 0.3) is 0 Å². The van der Waals surface area contributed by atoms with Gasteiger partial charge < -0.3 is 0 Å². The molecular formula is C14H20BrNO2S. The molecule has 0 aromatic heterocycles. The maximum absolute atomic E-state index is 12.6. The van der Waals surface area contributed by atoms with Crippen LogP contribution >= 0.6 is 15.9 Å². The van der Waals surface area contributed by atoms with Crippen molar-refractivity contribution in [1.29, 1.82) is 0 Å². The van der Waals surface area contributed by atoms with Crippen LogP contribution in [0.4, 0.5) is 0 Å². The lowest BCUT2D eigenvalue weighted by Gasteiger charge is -2.21. The molecule has 0 spiro atoms. The van der Waals surface area contributed by atoms with E-state index in [1.54, 1.807) is 16.4 Å². The Labute approximate surface area is 124 Å². The van der Waals surface area contributed by atoms with E-state index in [2.05, 4.69) is 22.9 Å². The first-order valence-electron chi connectivity index (χ1n) is 6.76. The Kier molecular flexibility index (Phi) is 5.03. The molecule has 0 saturated heterocycles. The zero-order valence-electron chi connectivity index (χ0n) is 11.2. The van der Waals surface area contributed by atoms with Gasteiger partial charge in [-0.2, -0.15) is 4.31 Å². The number of nitrogens with zero attached hydrogens (tertiary/aromatic N) is 1. The number of benzene rings is 1. The molecule has 19 heavy (non-hydrogen) atoms. The molecule has 5 heteroatoms. The highest BCUT2D eigenvalue weighted by Gasteiger charge is 2.37. The Bertz CT molecular complexity index is 509. The first-order chi connectivity index (χ1) is 9.09. The summed E-state index contributed by atoms with van der Waals surface area (Å²) < 4.78 is 26.8. The summed E-state index contributed by atoms with van der Waals surface area (Å²) in [5, 5.41) is 0.677. The van der Waals surface area contributed by atoms with Gasteiger partial charge in [-0.1, -0.05) is 41.4 Å². The molecule has 0 atom stereocenters. The number of hydrogen-bond acceptors (Lipinski definition) is 2. The minimum absolute atomic E-state index is 0.206. The van der Waals surface area contributed by atoms with Crippen molar-refractivity contribution in [3.05, 3.63) is 29.8 Å². The molecule has 0 radical (unpaired) electrons. The second-order valence-electron chi connectivity index (χ2n) is 4.93. The molecule has 1 aliphatic rings. The lowest BCUT2D eigenvalue weighted by Crippen LogP contribution is -2.34. The van der Waals surface area contributed by atoms with Crippen LogP contribution in [0.5, 0.6) is 0 Å². The van der Waals surface area contributed by atoms with Crippen molar-refractivity contribution in [2.24, 2.45) is 0 Å². The molecule has 0 bridgehead atoms. The fourth-order valence-corrected chi connectivity index (χ4v) is 4.50. The molecule has 1 fully saturated rings. The van der Waals surface area contributed by atoms with Crippen molar-refractivity contribution in [3.8, 4) is 0 Å². The van der Waals surface area contributed by atoms with Crippen LogP contribution in [0.3, 0.4) is 0 Å². The van der Waals surface area contributed by atoms with Crippen LogP contribution in [-0.4, -0.2) is 30.6 Å². The van der Waals surface area contributed by atoms with Gasteiger partial charge in [0.1, 0.15) is 0 Å². The summed E-state index contributed by atoms with van der Waals surface area (Å²) in [7, 11) is -3.33. The third-order valence-electron chi connectivity index (χ3n) is 3.33. The minimum Gasteiger partial charge on any atom is -0.207 e. The van der Waals surface area contributed by atoms with E-state index in [9.17, 15) is 8.42 Å². The van der Waals surface area contributed by atoms with Gasteiger partial charge in [-0.3, -0.25) is 0 Å². The van der Waals surface area contributed by atoms with Crippen molar-refractivity contribution in [2.75, 3.05) is 11.9 Å². The summed E-state index contributed by atoms with van der Waals surface area (Å²) in [5.74, 6) is 0. The topological polar surface area (TPSA) is 37.4 Å². The lowest BCUT2D eigenvalue weighted by atomic mass is 10.1. The van der Waals surface area contributed by atoms with E-state index in [0.29, 0.717) is 16.8 Å². The number of alkyl halides is 1. The molecule has 1 aliphatic carbocycles. The van der Waals surface area contributed by atoms with E-state index in [1.165, 1.54) is 5.56 Å². The van der Waals surface area contributed by atoms with Crippen LogP contribution in [0.15, 0.2) is 29.2 Å². The van der Waals surface area contributed by atoms with E-state index in [-0.39, 0.29) is 6.04 Å². The fraction of sp³-hybridized carbons (Fsp3) is 0.571. The highest BCUT2D eigenvalue weighted by Crippen LogP contribution is 2.32. The first-order valence-corrected chi connectivity index (χ1v) is 9.32. The SMILES string of the molecule is CCCc1ccc(S(=O)(=O)N(CCBr)C2CC2)cc1. The number of halogens is 1. The molecule has 0 unspecified atom stereocenters. The zero-order chi connectivity index (χ0) is 13.9. The standard InChI is InChI=1S/C14H20BrNO2S/c1-2-3-12-4-8-14(9-5-12)19(17,18)16(11-10-15)13-6-7-13/h4-5,8-9,13H,2-3,6-7,10-11H2,1H3. The van der Waals surface area contributed by atoms with Crippen LogP contribution in [0.25, 0.3) is 0 Å². The summed E-state index contributed by atoms with van der Waals surface area (Å²) in [6.07, 6.45) is 4.04. The van der Waals surface area contributed by atoms with Crippen molar-refractivity contribution >= 4 is 26.0 Å². The summed E-state index contributed by atoms with van der Waals surface area (Å²) in [6.45, 7) is 2.67. The van der Waals surface area contributed by atoms with E-state index >= 15 is 0 Å². The van der Waals surface area contributed by atoms with Gasteiger partial charge in [0.2, 0.25) is 10.0 Å². The predicted octanol–water partition coefficient (Wildman–Crippen LogP) is 3.19. The van der Waals surface area contributed by atoms with Crippen LogP contribution in [0, 0.1) is 0 Å². The third-order valence-corrected chi connectivity index (χ3v) is 5.65. The van der Waals surface area contributed by atoms with Crippen molar-refractivity contribution in [2.45, 2.75) is 43.5 Å². The lowest BCUT2D eigenvalue weighted by molar-refractivity contribution is 0.424. The van der Waals surface area contributed by atoms with Crippen LogP contribution < -0.4 is 0 Å². The fourth-order valence-electron chi connectivity index (χ4n) is 2.20. The Morgan fingerprint density at radius 1 is 1.26 bits per heavy atom.